The van der Waals surface area contributed by atoms with Gasteiger partial charge >= 0.3 is 5.97 Å². The minimum absolute atomic E-state index is 0.0311. The number of benzene rings is 1. The molecule has 6 nitrogen and oxygen atoms in total. The minimum atomic E-state index is -3.38. The van der Waals surface area contributed by atoms with Gasteiger partial charge in [0.05, 0.1) is 21.5 Å². The summed E-state index contributed by atoms with van der Waals surface area (Å²) < 4.78 is 26.2. The van der Waals surface area contributed by atoms with Gasteiger partial charge in [-0.05, 0) is 24.6 Å². The summed E-state index contributed by atoms with van der Waals surface area (Å²) in [6.07, 6.45) is 0.517. The van der Waals surface area contributed by atoms with Crippen LogP contribution < -0.4 is 4.72 Å². The Morgan fingerprint density at radius 1 is 1.47 bits per heavy atom. The number of anilines is 1. The molecule has 0 amide bonds. The van der Waals surface area contributed by atoms with Crippen molar-refractivity contribution in [3.8, 4) is 0 Å². The third kappa shape index (κ3) is 3.21. The quantitative estimate of drug-likeness (QED) is 0.882. The number of nitrogens with one attached hydrogen (secondary N) is 1. The van der Waals surface area contributed by atoms with Crippen molar-refractivity contribution in [2.24, 2.45) is 0 Å². The number of hydrogen-bond acceptors (Lipinski definition) is 5. The SMILES string of the molecule is CCCS(=O)(=O)Nc1nc2ccc(C(=O)O)cc2s1. The highest BCUT2D eigenvalue weighted by Gasteiger charge is 2.13. The van der Waals surface area contributed by atoms with Crippen LogP contribution in [-0.4, -0.2) is 30.2 Å². The van der Waals surface area contributed by atoms with Crippen molar-refractivity contribution in [2.45, 2.75) is 13.3 Å². The molecule has 0 fully saturated rings. The van der Waals surface area contributed by atoms with E-state index in [4.69, 9.17) is 5.11 Å². The van der Waals surface area contributed by atoms with E-state index < -0.39 is 16.0 Å². The zero-order chi connectivity index (χ0) is 14.0. The second kappa shape index (κ2) is 5.14. The van der Waals surface area contributed by atoms with E-state index in [-0.39, 0.29) is 16.4 Å². The van der Waals surface area contributed by atoms with E-state index in [1.807, 2.05) is 0 Å². The molecule has 0 aliphatic carbocycles. The molecule has 0 unspecified atom stereocenters. The van der Waals surface area contributed by atoms with Gasteiger partial charge in [0.15, 0.2) is 5.13 Å². The van der Waals surface area contributed by atoms with E-state index in [0.29, 0.717) is 16.6 Å². The first kappa shape index (κ1) is 13.8. The molecule has 8 heteroatoms. The number of nitrogens with zero attached hydrogens (tertiary/aromatic N) is 1. The summed E-state index contributed by atoms with van der Waals surface area (Å²) in [6.45, 7) is 1.77. The summed E-state index contributed by atoms with van der Waals surface area (Å²) >= 11 is 1.12. The molecule has 1 heterocycles. The number of rotatable bonds is 5. The van der Waals surface area contributed by atoms with Crippen molar-refractivity contribution in [2.75, 3.05) is 10.5 Å². The summed E-state index contributed by atoms with van der Waals surface area (Å²) in [5.74, 6) is -0.994. The van der Waals surface area contributed by atoms with Gasteiger partial charge in [-0.2, -0.15) is 0 Å². The topological polar surface area (TPSA) is 96.4 Å². The highest BCUT2D eigenvalue weighted by molar-refractivity contribution is 7.92. The molecule has 0 aliphatic heterocycles. The van der Waals surface area contributed by atoms with Gasteiger partial charge in [-0.1, -0.05) is 18.3 Å². The number of fused-ring (bicyclic) bond motifs is 1. The Labute approximate surface area is 114 Å². The number of thiazole rings is 1. The van der Waals surface area contributed by atoms with Gasteiger partial charge < -0.3 is 5.11 Å². The first-order valence-corrected chi connectivity index (χ1v) is 8.02. The molecule has 2 rings (SSSR count). The number of carbonyl (C=O) groups is 1. The summed E-state index contributed by atoms with van der Waals surface area (Å²) in [5.41, 5.74) is 0.725. The van der Waals surface area contributed by atoms with Crippen molar-refractivity contribution in [1.29, 1.82) is 0 Å². The van der Waals surface area contributed by atoms with Crippen LogP contribution in [0.2, 0.25) is 0 Å². The third-order valence-electron chi connectivity index (χ3n) is 2.35. The van der Waals surface area contributed by atoms with E-state index in [2.05, 4.69) is 9.71 Å². The summed E-state index contributed by atoms with van der Waals surface area (Å²) in [6, 6.07) is 4.48. The number of sulfonamides is 1. The van der Waals surface area contributed by atoms with Crippen LogP contribution in [0.25, 0.3) is 10.2 Å². The highest BCUT2D eigenvalue weighted by atomic mass is 32.2. The lowest BCUT2D eigenvalue weighted by molar-refractivity contribution is 0.0697. The maximum absolute atomic E-state index is 11.6. The monoisotopic (exact) mass is 300 g/mol. The van der Waals surface area contributed by atoms with Crippen LogP contribution in [0.3, 0.4) is 0 Å². The molecule has 0 bridgehead atoms. The van der Waals surface area contributed by atoms with Gasteiger partial charge in [0.1, 0.15) is 0 Å². The van der Waals surface area contributed by atoms with Crippen LogP contribution in [0.5, 0.6) is 0 Å². The molecule has 1 aromatic heterocycles. The lowest BCUT2D eigenvalue weighted by Crippen LogP contribution is -2.15. The fraction of sp³-hybridized carbons (Fsp3) is 0.273. The molecule has 19 heavy (non-hydrogen) atoms. The summed E-state index contributed by atoms with van der Waals surface area (Å²) in [4.78, 5) is 15.0. The second-order valence-corrected chi connectivity index (χ2v) is 6.80. The number of aromatic nitrogens is 1. The fourth-order valence-corrected chi connectivity index (χ4v) is 3.81. The lowest BCUT2D eigenvalue weighted by Gasteiger charge is -2.01. The van der Waals surface area contributed by atoms with Crippen LogP contribution in [0.15, 0.2) is 18.2 Å². The van der Waals surface area contributed by atoms with Gasteiger partial charge in [-0.25, -0.2) is 18.2 Å². The molecule has 0 atom stereocenters. The zero-order valence-corrected chi connectivity index (χ0v) is 11.7. The molecule has 2 N–H and O–H groups in total. The van der Waals surface area contributed by atoms with Crippen LogP contribution in [-0.2, 0) is 10.0 Å². The molecule has 0 saturated heterocycles. The molecule has 2 aromatic rings. The van der Waals surface area contributed by atoms with Crippen molar-refractivity contribution in [1.82, 2.24) is 4.98 Å². The molecular weight excluding hydrogens is 288 g/mol. The van der Waals surface area contributed by atoms with E-state index >= 15 is 0 Å². The molecule has 0 saturated carbocycles. The predicted octanol–water partition coefficient (Wildman–Crippen LogP) is 2.15. The normalized spacial score (nSPS) is 11.6. The fourth-order valence-electron chi connectivity index (χ4n) is 1.55. The smallest absolute Gasteiger partial charge is 0.335 e. The van der Waals surface area contributed by atoms with Crippen molar-refractivity contribution in [3.05, 3.63) is 23.8 Å². The first-order chi connectivity index (χ1) is 8.91. The second-order valence-electron chi connectivity index (χ2n) is 3.93. The van der Waals surface area contributed by atoms with Gasteiger partial charge in [0.2, 0.25) is 10.0 Å². The maximum Gasteiger partial charge on any atom is 0.335 e. The highest BCUT2D eigenvalue weighted by Crippen LogP contribution is 2.27. The number of aromatic carboxylic acids is 1. The minimum Gasteiger partial charge on any atom is -0.478 e. The van der Waals surface area contributed by atoms with Gasteiger partial charge in [-0.3, -0.25) is 4.72 Å². The number of hydrogen-bond donors (Lipinski definition) is 2. The number of carboxylic acid groups (broad SMARTS) is 1. The van der Waals surface area contributed by atoms with Crippen LogP contribution >= 0.6 is 11.3 Å². The Bertz CT molecular complexity index is 721. The first-order valence-electron chi connectivity index (χ1n) is 5.55. The largest absolute Gasteiger partial charge is 0.478 e. The Morgan fingerprint density at radius 2 is 2.21 bits per heavy atom. The Balaban J connectivity index is 2.34. The van der Waals surface area contributed by atoms with Gasteiger partial charge in [-0.15, -0.1) is 0 Å². The van der Waals surface area contributed by atoms with Crippen LogP contribution in [0.1, 0.15) is 23.7 Å². The van der Waals surface area contributed by atoms with E-state index in [0.717, 1.165) is 11.3 Å². The van der Waals surface area contributed by atoms with Gasteiger partial charge in [0.25, 0.3) is 0 Å². The van der Waals surface area contributed by atoms with E-state index in [1.54, 1.807) is 13.0 Å². The average molecular weight is 300 g/mol. The lowest BCUT2D eigenvalue weighted by atomic mass is 10.2. The number of carboxylic acids is 1. The van der Waals surface area contributed by atoms with Gasteiger partial charge in [0, 0.05) is 0 Å². The Morgan fingerprint density at radius 3 is 2.84 bits per heavy atom. The summed E-state index contributed by atoms with van der Waals surface area (Å²) in [5, 5.41) is 9.14. The summed E-state index contributed by atoms with van der Waals surface area (Å²) in [7, 11) is -3.38. The molecule has 0 aliphatic rings. The van der Waals surface area contributed by atoms with Crippen molar-refractivity contribution < 1.29 is 18.3 Å². The molecular formula is C11H12N2O4S2. The van der Waals surface area contributed by atoms with Crippen LogP contribution in [0, 0.1) is 0 Å². The standard InChI is InChI=1S/C11H12N2O4S2/c1-2-5-19(16,17)13-11-12-8-4-3-7(10(14)15)6-9(8)18-11/h3-4,6H,2,5H2,1H3,(H,12,13)(H,14,15). The predicted molar refractivity (Wildman–Crippen MR) is 74.3 cm³/mol. The zero-order valence-electron chi connectivity index (χ0n) is 10.1. The Kier molecular flexibility index (Phi) is 3.72. The molecule has 102 valence electrons. The molecule has 0 spiro atoms. The van der Waals surface area contributed by atoms with Crippen molar-refractivity contribution in [3.63, 3.8) is 0 Å². The molecule has 1 aromatic carbocycles. The average Bonchev–Trinajstić information content (AvgIpc) is 2.68. The van der Waals surface area contributed by atoms with E-state index in [9.17, 15) is 13.2 Å². The Hall–Kier alpha value is -1.67. The van der Waals surface area contributed by atoms with E-state index in [1.165, 1.54) is 12.1 Å². The van der Waals surface area contributed by atoms with Crippen molar-refractivity contribution >= 4 is 42.7 Å². The maximum atomic E-state index is 11.6. The molecule has 0 radical (unpaired) electrons. The third-order valence-corrected chi connectivity index (χ3v) is 4.86. The van der Waals surface area contributed by atoms with Crippen LogP contribution in [0.4, 0.5) is 5.13 Å².